The topological polar surface area (TPSA) is 159 Å². The third-order valence-electron chi connectivity index (χ3n) is 11.1. The molecule has 5 aromatic rings. The Morgan fingerprint density at radius 2 is 0.908 bits per heavy atom. The zero-order chi connectivity index (χ0) is 46.7. The average molecular weight is 901 g/mol. The molecule has 2 unspecified atom stereocenters. The van der Waals surface area contributed by atoms with E-state index in [-0.39, 0.29) is 45.5 Å². The zero-order valence-electron chi connectivity index (χ0n) is 36.9. The van der Waals surface area contributed by atoms with Gasteiger partial charge in [-0.05, 0) is 72.6 Å². The van der Waals surface area contributed by atoms with Crippen LogP contribution in [0.15, 0.2) is 162 Å². The quantitative estimate of drug-likeness (QED) is 0.0273. The molecule has 336 valence electrons. The molecule has 6 rings (SSSR count). The highest BCUT2D eigenvalue weighted by atomic mass is 35.5. The molecule has 1 aliphatic heterocycles. The average Bonchev–Trinajstić information content (AvgIpc) is 3.71. The van der Waals surface area contributed by atoms with Crippen LogP contribution in [0.1, 0.15) is 93.3 Å². The number of hydrogen-bond acceptors (Lipinski definition) is 12. The van der Waals surface area contributed by atoms with Gasteiger partial charge in [0.1, 0.15) is 6.61 Å². The van der Waals surface area contributed by atoms with Crippen molar-refractivity contribution in [2.24, 2.45) is 21.9 Å². The first-order valence-corrected chi connectivity index (χ1v) is 21.5. The molecule has 0 fully saturated rings. The Morgan fingerprint density at radius 3 is 1.29 bits per heavy atom. The SMILES string of the molecule is CC(C)C1(C)N=C([C@@H](OC(=O)c2ccccc2)[C@@H](OC(=O)c2ccccc2)[C@H](OC(=O)c2ccccc2)[C@@H](COC(=O)c2ccccc2)OC(=O)c2ccccc2)[N+](C(C)(Cl)C(C)C)=N1. The second kappa shape index (κ2) is 21.1. The molecule has 14 heteroatoms. The number of rotatable bonds is 18. The molecule has 65 heavy (non-hydrogen) atoms. The van der Waals surface area contributed by atoms with Crippen LogP contribution in [0, 0.1) is 11.8 Å². The maximum atomic E-state index is 14.5. The van der Waals surface area contributed by atoms with Gasteiger partial charge in [0.2, 0.25) is 11.1 Å². The van der Waals surface area contributed by atoms with E-state index < -0.39 is 71.5 Å². The molecular weight excluding hydrogens is 850 g/mol. The van der Waals surface area contributed by atoms with Crippen molar-refractivity contribution in [3.8, 4) is 0 Å². The van der Waals surface area contributed by atoms with Gasteiger partial charge >= 0.3 is 35.7 Å². The minimum Gasteiger partial charge on any atom is -0.458 e. The van der Waals surface area contributed by atoms with Gasteiger partial charge < -0.3 is 23.7 Å². The molecule has 5 aromatic carbocycles. The number of azo groups is 2. The predicted molar refractivity (Wildman–Crippen MR) is 242 cm³/mol. The lowest BCUT2D eigenvalue weighted by Crippen LogP contribution is -2.58. The van der Waals surface area contributed by atoms with Crippen LogP contribution in [0.25, 0.3) is 0 Å². The minimum absolute atomic E-state index is 0.0632. The second-order valence-corrected chi connectivity index (χ2v) is 17.0. The van der Waals surface area contributed by atoms with E-state index in [0.29, 0.717) is 0 Å². The number of hydrogen-bond donors (Lipinski definition) is 0. The third-order valence-corrected chi connectivity index (χ3v) is 11.7. The first-order valence-electron chi connectivity index (χ1n) is 21.2. The summed E-state index contributed by atoms with van der Waals surface area (Å²) in [5.74, 6) is -5.17. The lowest BCUT2D eigenvalue weighted by molar-refractivity contribution is -0.551. The standard InChI is InChI=1S/C51H51ClN3O10/c1-33(2)50(5,52)55-44(53-51(6,54-55)34(3)4)43(65-49(60)39-30-20-11-21-31-39)42(64-48(59)38-28-18-10-19-29-38)41(63-47(58)37-26-16-9-17-27-37)40(62-46(57)36-24-14-8-15-25-36)32-61-45(56)35-22-12-7-13-23-35/h7-31,33-34,40-43H,32H2,1-6H3/q+1/t40-,41-,42+,43+,50?,51?/m1/s1. The Labute approximate surface area is 383 Å². The fraction of sp³-hybridized carbons (Fsp3) is 0.294. The number of carbonyl (C=O) groups is 5. The molecule has 1 aliphatic rings. The third kappa shape index (κ3) is 11.6. The van der Waals surface area contributed by atoms with Crippen LogP contribution in [0.3, 0.4) is 0 Å². The van der Waals surface area contributed by atoms with E-state index in [1.54, 1.807) is 105 Å². The van der Waals surface area contributed by atoms with E-state index in [0.717, 1.165) is 0 Å². The summed E-state index contributed by atoms with van der Waals surface area (Å²) in [6, 6.07) is 40.0. The summed E-state index contributed by atoms with van der Waals surface area (Å²) in [6.07, 6.45) is -7.42. The maximum Gasteiger partial charge on any atom is 0.362 e. The van der Waals surface area contributed by atoms with Crippen molar-refractivity contribution in [1.82, 2.24) is 0 Å². The van der Waals surface area contributed by atoms with Crippen LogP contribution in [-0.4, -0.2) is 82.1 Å². The van der Waals surface area contributed by atoms with Crippen molar-refractivity contribution < 1.29 is 52.4 Å². The number of nitrogens with zero attached hydrogens (tertiary/aromatic N) is 3. The maximum absolute atomic E-state index is 14.5. The van der Waals surface area contributed by atoms with Crippen molar-refractivity contribution >= 4 is 47.3 Å². The molecular formula is C51H51ClN3O10+. The Balaban J connectivity index is 1.62. The van der Waals surface area contributed by atoms with E-state index in [1.807, 2.05) is 27.7 Å². The number of amidine groups is 1. The van der Waals surface area contributed by atoms with E-state index >= 15 is 0 Å². The van der Waals surface area contributed by atoms with Crippen LogP contribution in [0.4, 0.5) is 0 Å². The lowest BCUT2D eigenvalue weighted by atomic mass is 9.97. The summed E-state index contributed by atoms with van der Waals surface area (Å²) in [6.45, 7) is 10.3. The van der Waals surface area contributed by atoms with Crippen molar-refractivity contribution in [3.05, 3.63) is 179 Å². The van der Waals surface area contributed by atoms with Gasteiger partial charge in [-0.2, -0.15) is 0 Å². The summed E-state index contributed by atoms with van der Waals surface area (Å²) < 4.78 is 32.7. The highest BCUT2D eigenvalue weighted by Gasteiger charge is 2.59. The van der Waals surface area contributed by atoms with Gasteiger partial charge in [0.15, 0.2) is 18.3 Å². The number of carbonyl (C=O) groups excluding carboxylic acids is 5. The van der Waals surface area contributed by atoms with E-state index in [9.17, 15) is 24.0 Å². The number of esters is 5. The predicted octanol–water partition coefficient (Wildman–Crippen LogP) is 9.61. The first kappa shape index (κ1) is 47.5. The van der Waals surface area contributed by atoms with Crippen molar-refractivity contribution in [1.29, 1.82) is 0 Å². The fourth-order valence-electron chi connectivity index (χ4n) is 6.55. The van der Waals surface area contributed by atoms with Crippen LogP contribution in [-0.2, 0) is 23.7 Å². The Morgan fingerprint density at radius 1 is 0.554 bits per heavy atom. The highest BCUT2D eigenvalue weighted by Crippen LogP contribution is 2.38. The minimum atomic E-state index is -1.93. The molecule has 0 N–H and O–H groups in total. The summed E-state index contributed by atoms with van der Waals surface area (Å²) in [5.41, 5.74) is -0.713. The van der Waals surface area contributed by atoms with Gasteiger partial charge in [-0.1, -0.05) is 135 Å². The van der Waals surface area contributed by atoms with E-state index in [4.69, 9.17) is 45.4 Å². The molecule has 0 amide bonds. The summed E-state index contributed by atoms with van der Waals surface area (Å²) in [5, 5.41) is 5.01. The zero-order valence-corrected chi connectivity index (χ0v) is 37.7. The normalized spacial score (nSPS) is 17.3. The van der Waals surface area contributed by atoms with Crippen molar-refractivity contribution in [3.63, 3.8) is 0 Å². The number of ether oxygens (including phenoxy) is 5. The van der Waals surface area contributed by atoms with Gasteiger partial charge in [0.25, 0.3) is 5.66 Å². The highest BCUT2D eigenvalue weighted by molar-refractivity contribution is 6.23. The van der Waals surface area contributed by atoms with Crippen LogP contribution >= 0.6 is 11.6 Å². The number of benzene rings is 5. The van der Waals surface area contributed by atoms with Crippen molar-refractivity contribution in [2.75, 3.05) is 6.61 Å². The van der Waals surface area contributed by atoms with Gasteiger partial charge in [0, 0.05) is 18.8 Å². The molecule has 1 heterocycles. The smallest absolute Gasteiger partial charge is 0.362 e. The summed E-state index contributed by atoms with van der Waals surface area (Å²) in [4.78, 5) is 74.9. The van der Waals surface area contributed by atoms with Gasteiger partial charge in [-0.15, -0.1) is 4.70 Å². The van der Waals surface area contributed by atoms with Crippen molar-refractivity contribution in [2.45, 2.75) is 76.6 Å². The van der Waals surface area contributed by atoms with Gasteiger partial charge in [-0.3, -0.25) is 0 Å². The molecule has 0 saturated carbocycles. The number of halogens is 1. The molecule has 0 radical (unpaired) electrons. The molecule has 6 atom stereocenters. The monoisotopic (exact) mass is 900 g/mol. The molecule has 0 bridgehead atoms. The lowest BCUT2D eigenvalue weighted by Gasteiger charge is -2.35. The van der Waals surface area contributed by atoms with Gasteiger partial charge in [-0.25, -0.2) is 24.0 Å². The van der Waals surface area contributed by atoms with Crippen LogP contribution in [0.5, 0.6) is 0 Å². The first-order chi connectivity index (χ1) is 31.1. The summed E-state index contributed by atoms with van der Waals surface area (Å²) >= 11 is 7.38. The second-order valence-electron chi connectivity index (χ2n) is 16.2. The molecule has 0 aliphatic carbocycles. The number of aliphatic imine (C=N–C) groups is 1. The van der Waals surface area contributed by atoms with Gasteiger partial charge in [0.05, 0.1) is 27.8 Å². The van der Waals surface area contributed by atoms with Crippen LogP contribution < -0.4 is 0 Å². The van der Waals surface area contributed by atoms with Crippen LogP contribution in [0.2, 0.25) is 0 Å². The van der Waals surface area contributed by atoms with E-state index in [2.05, 4.69) is 0 Å². The fourth-order valence-corrected chi connectivity index (χ4v) is 6.68. The Kier molecular flexibility index (Phi) is 15.4. The Bertz CT molecular complexity index is 2500. The number of alkyl halides is 1. The summed E-state index contributed by atoms with van der Waals surface area (Å²) in [7, 11) is 0. The molecule has 0 aromatic heterocycles. The molecule has 0 saturated heterocycles. The Hall–Kier alpha value is -6.99. The molecule has 0 spiro atoms. The molecule has 13 nitrogen and oxygen atoms in total. The van der Waals surface area contributed by atoms with E-state index in [1.165, 1.54) is 65.4 Å². The largest absolute Gasteiger partial charge is 0.458 e.